The fraction of sp³-hybridized carbons (Fsp3) is 0.176. The first-order valence-electron chi connectivity index (χ1n) is 7.62. The number of aromatic nitrogens is 4. The molecule has 8 heteroatoms. The molecule has 0 fully saturated rings. The van der Waals surface area contributed by atoms with Crippen LogP contribution in [-0.4, -0.2) is 37.5 Å². The van der Waals surface area contributed by atoms with Crippen LogP contribution in [0.1, 0.15) is 27.7 Å². The number of carbonyl (C=O) groups is 1. The maximum Gasteiger partial charge on any atom is 0.273 e. The van der Waals surface area contributed by atoms with Gasteiger partial charge in [-0.2, -0.15) is 0 Å². The molecule has 2 N–H and O–H groups in total. The van der Waals surface area contributed by atoms with Crippen LogP contribution >= 0.6 is 0 Å². The number of rotatable bonds is 6. The van der Waals surface area contributed by atoms with Crippen LogP contribution in [0.2, 0.25) is 0 Å². The summed E-state index contributed by atoms with van der Waals surface area (Å²) in [5.41, 5.74) is 1.59. The molecule has 128 valence electrons. The predicted octanol–water partition coefficient (Wildman–Crippen LogP) is 1.32. The molecule has 2 aromatic heterocycles. The molecule has 7 nitrogen and oxygen atoms in total. The third-order valence-electron chi connectivity index (χ3n) is 3.55. The average molecular weight is 341 g/mol. The third-order valence-corrected chi connectivity index (χ3v) is 3.55. The van der Waals surface area contributed by atoms with Crippen molar-refractivity contribution in [1.29, 1.82) is 0 Å². The van der Waals surface area contributed by atoms with Crippen molar-refractivity contribution in [2.75, 3.05) is 6.54 Å². The van der Waals surface area contributed by atoms with Crippen molar-refractivity contribution in [2.24, 2.45) is 0 Å². The van der Waals surface area contributed by atoms with E-state index in [1.807, 2.05) is 0 Å². The monoisotopic (exact) mass is 341 g/mol. The number of hydrogen-bond donors (Lipinski definition) is 2. The molecule has 0 radical (unpaired) electrons. The number of benzene rings is 1. The van der Waals surface area contributed by atoms with E-state index in [4.69, 9.17) is 0 Å². The first kappa shape index (κ1) is 16.7. The van der Waals surface area contributed by atoms with Gasteiger partial charge >= 0.3 is 0 Å². The van der Waals surface area contributed by atoms with Crippen LogP contribution in [-0.2, 0) is 6.54 Å². The summed E-state index contributed by atoms with van der Waals surface area (Å²) < 4.78 is 14.4. The summed E-state index contributed by atoms with van der Waals surface area (Å²) >= 11 is 0. The summed E-state index contributed by atoms with van der Waals surface area (Å²) in [6, 6.07) is 9.44. The van der Waals surface area contributed by atoms with E-state index in [0.717, 1.165) is 5.56 Å². The van der Waals surface area contributed by atoms with Gasteiger partial charge in [-0.3, -0.25) is 9.78 Å². The van der Waals surface area contributed by atoms with Gasteiger partial charge in [0.1, 0.15) is 5.82 Å². The second kappa shape index (κ2) is 7.63. The summed E-state index contributed by atoms with van der Waals surface area (Å²) in [5, 5.41) is 20.3. The maximum absolute atomic E-state index is 12.9. The molecular formula is C17H16FN5O2. The molecule has 1 amide bonds. The van der Waals surface area contributed by atoms with E-state index in [2.05, 4.69) is 20.6 Å². The van der Waals surface area contributed by atoms with Crippen LogP contribution in [0.25, 0.3) is 0 Å². The number of halogens is 1. The molecule has 0 unspecified atom stereocenters. The highest BCUT2D eigenvalue weighted by Crippen LogP contribution is 2.09. The zero-order valence-electron chi connectivity index (χ0n) is 13.2. The summed E-state index contributed by atoms with van der Waals surface area (Å²) in [4.78, 5) is 16.0. The van der Waals surface area contributed by atoms with E-state index in [9.17, 15) is 14.3 Å². The fourth-order valence-electron chi connectivity index (χ4n) is 2.23. The Balaban J connectivity index is 1.56. The van der Waals surface area contributed by atoms with Crippen molar-refractivity contribution >= 4 is 5.91 Å². The van der Waals surface area contributed by atoms with Gasteiger partial charge in [0, 0.05) is 24.5 Å². The molecule has 2 heterocycles. The molecule has 0 saturated heterocycles. The van der Waals surface area contributed by atoms with Crippen LogP contribution in [0.15, 0.2) is 55.0 Å². The number of carbonyl (C=O) groups excluding carboxylic acids is 1. The summed E-state index contributed by atoms with van der Waals surface area (Å²) in [5.74, 6) is -0.747. The van der Waals surface area contributed by atoms with Crippen molar-refractivity contribution in [1.82, 2.24) is 25.3 Å². The quantitative estimate of drug-likeness (QED) is 0.705. The summed E-state index contributed by atoms with van der Waals surface area (Å²) in [7, 11) is 0. The summed E-state index contributed by atoms with van der Waals surface area (Å²) in [6.07, 6.45) is 3.78. The Bertz CT molecular complexity index is 836. The highest BCUT2D eigenvalue weighted by molar-refractivity contribution is 5.91. The van der Waals surface area contributed by atoms with E-state index in [1.165, 1.54) is 29.2 Å². The number of amides is 1. The van der Waals surface area contributed by atoms with Gasteiger partial charge in [-0.1, -0.05) is 23.4 Å². The van der Waals surface area contributed by atoms with Gasteiger partial charge in [0.05, 0.1) is 18.8 Å². The number of hydrogen-bond acceptors (Lipinski definition) is 5. The smallest absolute Gasteiger partial charge is 0.273 e. The van der Waals surface area contributed by atoms with Gasteiger partial charge in [-0.25, -0.2) is 9.07 Å². The van der Waals surface area contributed by atoms with E-state index in [0.29, 0.717) is 12.1 Å². The minimum atomic E-state index is -0.855. The first-order chi connectivity index (χ1) is 12.1. The predicted molar refractivity (Wildman–Crippen MR) is 87.1 cm³/mol. The molecule has 0 aliphatic rings. The van der Waals surface area contributed by atoms with E-state index in [-0.39, 0.29) is 18.1 Å². The van der Waals surface area contributed by atoms with Crippen molar-refractivity contribution in [3.63, 3.8) is 0 Å². The van der Waals surface area contributed by atoms with E-state index >= 15 is 0 Å². The molecule has 3 aromatic rings. The second-order valence-corrected chi connectivity index (χ2v) is 5.44. The lowest BCUT2D eigenvalue weighted by Gasteiger charge is -2.10. The molecule has 1 atom stereocenters. The first-order valence-corrected chi connectivity index (χ1v) is 7.62. The van der Waals surface area contributed by atoms with E-state index < -0.39 is 12.0 Å². The Morgan fingerprint density at radius 3 is 2.80 bits per heavy atom. The topological polar surface area (TPSA) is 92.9 Å². The molecule has 3 rings (SSSR count). The van der Waals surface area contributed by atoms with Gasteiger partial charge in [0.2, 0.25) is 0 Å². The maximum atomic E-state index is 12.9. The van der Waals surface area contributed by atoms with Gasteiger partial charge in [-0.05, 0) is 23.8 Å². The molecule has 0 spiro atoms. The number of aliphatic hydroxyl groups is 1. The minimum absolute atomic E-state index is 0.0371. The number of pyridine rings is 1. The Labute approximate surface area is 143 Å². The normalized spacial score (nSPS) is 11.9. The van der Waals surface area contributed by atoms with Crippen molar-refractivity contribution in [3.8, 4) is 0 Å². The van der Waals surface area contributed by atoms with Crippen LogP contribution in [0, 0.1) is 5.82 Å². The molecular weight excluding hydrogens is 325 g/mol. The second-order valence-electron chi connectivity index (χ2n) is 5.44. The minimum Gasteiger partial charge on any atom is -0.387 e. The molecule has 0 aliphatic heterocycles. The SMILES string of the molecule is O=C(NC[C@H](O)c1cccnc1)c1cn(Cc2ccc(F)cc2)nn1. The third kappa shape index (κ3) is 4.45. The highest BCUT2D eigenvalue weighted by atomic mass is 19.1. The largest absolute Gasteiger partial charge is 0.387 e. The summed E-state index contributed by atoms with van der Waals surface area (Å²) in [6.45, 7) is 0.411. The highest BCUT2D eigenvalue weighted by Gasteiger charge is 2.14. The van der Waals surface area contributed by atoms with E-state index in [1.54, 1.807) is 30.5 Å². The lowest BCUT2D eigenvalue weighted by molar-refractivity contribution is 0.0911. The lowest BCUT2D eigenvalue weighted by atomic mass is 10.1. The fourth-order valence-corrected chi connectivity index (χ4v) is 2.23. The van der Waals surface area contributed by atoms with Gasteiger partial charge < -0.3 is 10.4 Å². The molecule has 0 aliphatic carbocycles. The zero-order chi connectivity index (χ0) is 17.6. The van der Waals surface area contributed by atoms with Crippen LogP contribution in [0.3, 0.4) is 0 Å². The average Bonchev–Trinajstić information content (AvgIpc) is 3.10. The lowest BCUT2D eigenvalue weighted by Crippen LogP contribution is -2.28. The van der Waals surface area contributed by atoms with Crippen molar-refractivity contribution in [2.45, 2.75) is 12.6 Å². The van der Waals surface area contributed by atoms with Crippen LogP contribution in [0.5, 0.6) is 0 Å². The molecule has 25 heavy (non-hydrogen) atoms. The van der Waals surface area contributed by atoms with Gasteiger partial charge in [0.15, 0.2) is 5.69 Å². The standard InChI is InChI=1S/C17H16FN5O2/c18-14-5-3-12(4-6-14)10-23-11-15(21-22-23)17(25)20-9-16(24)13-2-1-7-19-8-13/h1-8,11,16,24H,9-10H2,(H,20,25)/t16-/m0/s1. The van der Waals surface area contributed by atoms with Crippen molar-refractivity contribution in [3.05, 3.63) is 77.6 Å². The molecule has 0 bridgehead atoms. The van der Waals surface area contributed by atoms with Gasteiger partial charge in [0.25, 0.3) is 5.91 Å². The molecule has 1 aromatic carbocycles. The Morgan fingerprint density at radius 2 is 2.08 bits per heavy atom. The van der Waals surface area contributed by atoms with Crippen LogP contribution < -0.4 is 5.32 Å². The van der Waals surface area contributed by atoms with Gasteiger partial charge in [-0.15, -0.1) is 5.10 Å². The Kier molecular flexibility index (Phi) is 5.10. The number of aliphatic hydroxyl groups excluding tert-OH is 1. The zero-order valence-corrected chi connectivity index (χ0v) is 13.2. The molecule has 0 saturated carbocycles. The Morgan fingerprint density at radius 1 is 1.28 bits per heavy atom. The number of nitrogens with one attached hydrogen (secondary N) is 1. The van der Waals surface area contributed by atoms with Crippen molar-refractivity contribution < 1.29 is 14.3 Å². The van der Waals surface area contributed by atoms with Crippen LogP contribution in [0.4, 0.5) is 4.39 Å². The number of nitrogens with zero attached hydrogens (tertiary/aromatic N) is 4. The Hall–Kier alpha value is -3.13.